The summed E-state index contributed by atoms with van der Waals surface area (Å²) in [5.41, 5.74) is -0.132. The molecule has 2 nitrogen and oxygen atoms in total. The van der Waals surface area contributed by atoms with Crippen molar-refractivity contribution in [2.24, 2.45) is 0 Å². The lowest BCUT2D eigenvalue weighted by molar-refractivity contribution is -0.116. The second-order valence-electron chi connectivity index (χ2n) is 5.40. The molecule has 1 aromatic rings. The van der Waals surface area contributed by atoms with Crippen LogP contribution in [0.2, 0.25) is 0 Å². The van der Waals surface area contributed by atoms with Gasteiger partial charge in [0.1, 0.15) is 11.4 Å². The average molecular weight is 301 g/mol. The SMILES string of the molecule is COc1ccc(/C=C(\N(C(C)C)C(C)C)C(F)(F)F)cc1. The first kappa shape index (κ1) is 17.4. The van der Waals surface area contributed by atoms with Gasteiger partial charge in [-0.2, -0.15) is 13.2 Å². The Morgan fingerprint density at radius 3 is 1.86 bits per heavy atom. The van der Waals surface area contributed by atoms with Crippen molar-refractivity contribution in [1.29, 1.82) is 0 Å². The molecule has 0 fully saturated rings. The number of alkyl halides is 3. The zero-order valence-electron chi connectivity index (χ0n) is 13.0. The van der Waals surface area contributed by atoms with Crippen LogP contribution in [0, 0.1) is 0 Å². The summed E-state index contributed by atoms with van der Waals surface area (Å²) in [6, 6.07) is 6.05. The van der Waals surface area contributed by atoms with Gasteiger partial charge in [0.25, 0.3) is 0 Å². The molecule has 0 aliphatic rings. The Hall–Kier alpha value is -1.65. The normalized spacial score (nSPS) is 13.0. The highest BCUT2D eigenvalue weighted by Crippen LogP contribution is 2.33. The van der Waals surface area contributed by atoms with Gasteiger partial charge in [-0.05, 0) is 51.5 Å². The first-order valence-electron chi connectivity index (χ1n) is 6.88. The average Bonchev–Trinajstić information content (AvgIpc) is 2.36. The van der Waals surface area contributed by atoms with Crippen molar-refractivity contribution in [3.8, 4) is 5.75 Å². The third kappa shape index (κ3) is 4.69. The molecule has 0 radical (unpaired) electrons. The van der Waals surface area contributed by atoms with E-state index in [1.807, 2.05) is 0 Å². The van der Waals surface area contributed by atoms with Crippen molar-refractivity contribution in [1.82, 2.24) is 4.90 Å². The van der Waals surface area contributed by atoms with Crippen molar-refractivity contribution in [3.05, 3.63) is 35.5 Å². The number of allylic oxidation sites excluding steroid dienone is 1. The maximum Gasteiger partial charge on any atom is 0.431 e. The molecule has 0 atom stereocenters. The highest BCUT2D eigenvalue weighted by atomic mass is 19.4. The van der Waals surface area contributed by atoms with Gasteiger partial charge in [0.15, 0.2) is 0 Å². The van der Waals surface area contributed by atoms with E-state index in [9.17, 15) is 13.2 Å². The minimum atomic E-state index is -4.39. The van der Waals surface area contributed by atoms with Crippen LogP contribution in [0.15, 0.2) is 30.0 Å². The van der Waals surface area contributed by atoms with E-state index in [2.05, 4.69) is 0 Å². The zero-order chi connectivity index (χ0) is 16.2. The van der Waals surface area contributed by atoms with Gasteiger partial charge in [0, 0.05) is 12.1 Å². The Balaban J connectivity index is 3.26. The lowest BCUT2D eigenvalue weighted by atomic mass is 10.1. The quantitative estimate of drug-likeness (QED) is 0.780. The minimum Gasteiger partial charge on any atom is -0.497 e. The molecule has 118 valence electrons. The number of rotatable bonds is 5. The number of halogens is 3. The molecule has 0 aliphatic heterocycles. The first-order chi connectivity index (χ1) is 9.66. The van der Waals surface area contributed by atoms with E-state index in [-0.39, 0.29) is 12.1 Å². The third-order valence-corrected chi connectivity index (χ3v) is 3.10. The summed E-state index contributed by atoms with van der Waals surface area (Å²) in [7, 11) is 1.52. The number of nitrogens with zero attached hydrogens (tertiary/aromatic N) is 1. The van der Waals surface area contributed by atoms with Crippen LogP contribution in [0.25, 0.3) is 6.08 Å². The van der Waals surface area contributed by atoms with Crippen LogP contribution in [-0.2, 0) is 0 Å². The predicted molar refractivity (Wildman–Crippen MR) is 79.1 cm³/mol. The number of hydrogen-bond donors (Lipinski definition) is 0. The molecule has 0 N–H and O–H groups in total. The van der Waals surface area contributed by atoms with E-state index in [4.69, 9.17) is 4.74 Å². The Bertz CT molecular complexity index is 467. The van der Waals surface area contributed by atoms with Crippen LogP contribution in [0.5, 0.6) is 5.75 Å². The van der Waals surface area contributed by atoms with Gasteiger partial charge in [-0.25, -0.2) is 0 Å². The number of hydrogen-bond acceptors (Lipinski definition) is 2. The van der Waals surface area contributed by atoms with Gasteiger partial charge >= 0.3 is 6.18 Å². The fourth-order valence-corrected chi connectivity index (χ4v) is 2.31. The lowest BCUT2D eigenvalue weighted by Crippen LogP contribution is -2.41. The Kier molecular flexibility index (Phi) is 5.70. The second kappa shape index (κ2) is 6.87. The van der Waals surface area contributed by atoms with Gasteiger partial charge < -0.3 is 9.64 Å². The summed E-state index contributed by atoms with van der Waals surface area (Å²) in [6.45, 7) is 7.03. The molecule has 0 unspecified atom stereocenters. The molecule has 0 saturated carbocycles. The number of benzene rings is 1. The van der Waals surface area contributed by atoms with Crippen LogP contribution < -0.4 is 4.74 Å². The van der Waals surface area contributed by atoms with E-state index >= 15 is 0 Å². The van der Waals surface area contributed by atoms with E-state index in [0.29, 0.717) is 11.3 Å². The van der Waals surface area contributed by atoms with Crippen LogP contribution in [0.1, 0.15) is 33.3 Å². The van der Waals surface area contributed by atoms with Gasteiger partial charge in [-0.1, -0.05) is 12.1 Å². The monoisotopic (exact) mass is 301 g/mol. The molecule has 0 spiro atoms. The summed E-state index contributed by atoms with van der Waals surface area (Å²) >= 11 is 0. The summed E-state index contributed by atoms with van der Waals surface area (Å²) in [6.07, 6.45) is -3.21. The van der Waals surface area contributed by atoms with Gasteiger partial charge in [0.2, 0.25) is 0 Å². The van der Waals surface area contributed by atoms with Crippen molar-refractivity contribution in [2.45, 2.75) is 46.0 Å². The van der Waals surface area contributed by atoms with Crippen LogP contribution in [-0.4, -0.2) is 30.3 Å². The number of methoxy groups -OCH3 is 1. The highest BCUT2D eigenvalue weighted by Gasteiger charge is 2.39. The maximum atomic E-state index is 13.4. The summed E-state index contributed by atoms with van der Waals surface area (Å²) in [5, 5.41) is 0. The molecule has 21 heavy (non-hydrogen) atoms. The summed E-state index contributed by atoms with van der Waals surface area (Å²) in [5.74, 6) is 0.616. The fraction of sp³-hybridized carbons (Fsp3) is 0.500. The van der Waals surface area contributed by atoms with Gasteiger partial charge in [-0.3, -0.25) is 0 Å². The highest BCUT2D eigenvalue weighted by molar-refractivity contribution is 5.55. The first-order valence-corrected chi connectivity index (χ1v) is 6.88. The van der Waals surface area contributed by atoms with Crippen LogP contribution in [0.3, 0.4) is 0 Å². The Morgan fingerprint density at radius 1 is 1.05 bits per heavy atom. The fourth-order valence-electron chi connectivity index (χ4n) is 2.31. The topological polar surface area (TPSA) is 12.5 Å². The van der Waals surface area contributed by atoms with E-state index < -0.39 is 11.9 Å². The van der Waals surface area contributed by atoms with Gasteiger partial charge in [-0.15, -0.1) is 0 Å². The third-order valence-electron chi connectivity index (χ3n) is 3.10. The molecular weight excluding hydrogens is 279 g/mol. The van der Waals surface area contributed by atoms with Crippen LogP contribution >= 0.6 is 0 Å². The lowest BCUT2D eigenvalue weighted by Gasteiger charge is -2.36. The smallest absolute Gasteiger partial charge is 0.431 e. The molecule has 0 saturated heterocycles. The molecule has 0 aliphatic carbocycles. The standard InChI is InChI=1S/C16H22F3NO/c1-11(2)20(12(3)4)15(16(17,18)19)10-13-6-8-14(21-5)9-7-13/h6-12H,1-5H3/b15-10-. The summed E-state index contributed by atoms with van der Waals surface area (Å²) < 4.78 is 45.2. The van der Waals surface area contributed by atoms with Crippen molar-refractivity contribution < 1.29 is 17.9 Å². The molecule has 1 rings (SSSR count). The molecule has 0 heterocycles. The molecular formula is C16H22F3NO. The largest absolute Gasteiger partial charge is 0.497 e. The molecule has 0 amide bonds. The number of ether oxygens (including phenoxy) is 1. The second-order valence-corrected chi connectivity index (χ2v) is 5.40. The molecule has 0 bridgehead atoms. The van der Waals surface area contributed by atoms with Gasteiger partial charge in [0.05, 0.1) is 7.11 Å². The van der Waals surface area contributed by atoms with E-state index in [1.165, 1.54) is 18.1 Å². The minimum absolute atomic E-state index is 0.240. The van der Waals surface area contributed by atoms with E-state index in [0.717, 1.165) is 0 Å². The Labute approximate surface area is 124 Å². The molecule has 5 heteroatoms. The van der Waals surface area contributed by atoms with Crippen molar-refractivity contribution in [3.63, 3.8) is 0 Å². The predicted octanol–water partition coefficient (Wildman–Crippen LogP) is 4.72. The maximum absolute atomic E-state index is 13.4. The molecule has 0 aromatic heterocycles. The summed E-state index contributed by atoms with van der Waals surface area (Å²) in [4.78, 5) is 1.38. The Morgan fingerprint density at radius 2 is 1.52 bits per heavy atom. The van der Waals surface area contributed by atoms with Crippen molar-refractivity contribution >= 4 is 6.08 Å². The van der Waals surface area contributed by atoms with Crippen molar-refractivity contribution in [2.75, 3.05) is 7.11 Å². The van der Waals surface area contributed by atoms with E-state index in [1.54, 1.807) is 52.0 Å². The van der Waals surface area contributed by atoms with Crippen LogP contribution in [0.4, 0.5) is 13.2 Å². The zero-order valence-corrected chi connectivity index (χ0v) is 13.0. The molecule has 1 aromatic carbocycles.